The minimum Gasteiger partial charge on any atom is -0.326 e. The quantitative estimate of drug-likeness (QED) is 0.795. The Hall–Kier alpha value is -0.380. The van der Waals surface area contributed by atoms with Crippen LogP contribution in [0.4, 0.5) is 0 Å². The van der Waals surface area contributed by atoms with Crippen molar-refractivity contribution >= 4 is 11.3 Å². The maximum atomic E-state index is 5.56. The number of thiophene rings is 1. The van der Waals surface area contributed by atoms with Crippen molar-refractivity contribution < 1.29 is 0 Å². The third kappa shape index (κ3) is 2.30. The van der Waals surface area contributed by atoms with Crippen LogP contribution in [0.2, 0.25) is 0 Å². The molecule has 72 valence electrons. The largest absolute Gasteiger partial charge is 0.326 e. The average Bonchev–Trinajstić information content (AvgIpc) is 2.88. The van der Waals surface area contributed by atoms with Gasteiger partial charge in [-0.1, -0.05) is 0 Å². The number of hydrogen-bond donors (Lipinski definition) is 1. The Balaban J connectivity index is 1.92. The van der Waals surface area contributed by atoms with Crippen LogP contribution in [0.25, 0.3) is 0 Å². The molecule has 0 amide bonds. The summed E-state index contributed by atoms with van der Waals surface area (Å²) in [5.74, 6) is 0. The summed E-state index contributed by atoms with van der Waals surface area (Å²) in [5.41, 5.74) is 5.56. The van der Waals surface area contributed by atoms with E-state index >= 15 is 0 Å². The number of nitrogens with two attached hydrogens (primary N) is 1. The molecule has 1 aliphatic carbocycles. The van der Waals surface area contributed by atoms with Gasteiger partial charge in [0.05, 0.1) is 0 Å². The molecule has 2 rings (SSSR count). The van der Waals surface area contributed by atoms with Crippen LogP contribution in [0.1, 0.15) is 22.6 Å². The molecular weight excluding hydrogens is 180 g/mol. The zero-order valence-electron chi connectivity index (χ0n) is 7.99. The maximum absolute atomic E-state index is 5.56. The highest BCUT2D eigenvalue weighted by Crippen LogP contribution is 2.28. The first-order valence-corrected chi connectivity index (χ1v) is 5.59. The van der Waals surface area contributed by atoms with Crippen molar-refractivity contribution in [2.75, 3.05) is 7.05 Å². The lowest BCUT2D eigenvalue weighted by Gasteiger charge is -2.13. The van der Waals surface area contributed by atoms with E-state index in [2.05, 4.69) is 24.1 Å². The second-order valence-corrected chi connectivity index (χ2v) is 4.97. The first-order valence-electron chi connectivity index (χ1n) is 4.77. The minimum atomic E-state index is 0.678. The molecule has 2 nitrogen and oxygen atoms in total. The lowest BCUT2D eigenvalue weighted by Crippen LogP contribution is -2.19. The third-order valence-electron chi connectivity index (χ3n) is 2.49. The van der Waals surface area contributed by atoms with Gasteiger partial charge in [-0.05, 0) is 32.0 Å². The van der Waals surface area contributed by atoms with Gasteiger partial charge >= 0.3 is 0 Å². The third-order valence-corrected chi connectivity index (χ3v) is 3.59. The zero-order valence-corrected chi connectivity index (χ0v) is 8.81. The summed E-state index contributed by atoms with van der Waals surface area (Å²) < 4.78 is 0. The Bertz CT molecular complexity index is 278. The smallest absolute Gasteiger partial charge is 0.0327 e. The van der Waals surface area contributed by atoms with Crippen LogP contribution in [0.5, 0.6) is 0 Å². The lowest BCUT2D eigenvalue weighted by atomic mass is 10.4. The fraction of sp³-hybridized carbons (Fsp3) is 0.600. The minimum absolute atomic E-state index is 0.678. The predicted octanol–water partition coefficient (Wildman–Crippen LogP) is 1.80. The van der Waals surface area contributed by atoms with Crippen LogP contribution < -0.4 is 5.73 Å². The van der Waals surface area contributed by atoms with Gasteiger partial charge in [0.2, 0.25) is 0 Å². The molecule has 0 radical (unpaired) electrons. The van der Waals surface area contributed by atoms with Crippen LogP contribution >= 0.6 is 11.3 Å². The van der Waals surface area contributed by atoms with Gasteiger partial charge in [0.15, 0.2) is 0 Å². The molecular formula is C10H16N2S. The average molecular weight is 196 g/mol. The molecule has 1 fully saturated rings. The van der Waals surface area contributed by atoms with Gasteiger partial charge < -0.3 is 5.73 Å². The molecule has 1 heterocycles. The van der Waals surface area contributed by atoms with Crippen LogP contribution in [-0.2, 0) is 13.1 Å². The zero-order chi connectivity index (χ0) is 9.26. The van der Waals surface area contributed by atoms with E-state index in [0.29, 0.717) is 6.54 Å². The number of hydrogen-bond acceptors (Lipinski definition) is 3. The monoisotopic (exact) mass is 196 g/mol. The molecule has 2 N–H and O–H groups in total. The molecule has 13 heavy (non-hydrogen) atoms. The molecule has 1 saturated carbocycles. The Labute approximate surface area is 83.4 Å². The lowest BCUT2D eigenvalue weighted by molar-refractivity contribution is 0.319. The molecule has 3 heteroatoms. The topological polar surface area (TPSA) is 29.3 Å². The van der Waals surface area contributed by atoms with Crippen molar-refractivity contribution in [3.8, 4) is 0 Å². The standard InChI is InChI=1S/C10H16N2S/c1-12(8-2-3-8)7-10-5-4-9(6-11)13-10/h4-5,8H,2-3,6-7,11H2,1H3. The van der Waals surface area contributed by atoms with Crippen molar-refractivity contribution in [1.82, 2.24) is 4.90 Å². The molecule has 1 aromatic heterocycles. The summed E-state index contributed by atoms with van der Waals surface area (Å²) >= 11 is 1.84. The molecule has 0 bridgehead atoms. The molecule has 1 aromatic rings. The fourth-order valence-corrected chi connectivity index (χ4v) is 2.47. The van der Waals surface area contributed by atoms with E-state index < -0.39 is 0 Å². The van der Waals surface area contributed by atoms with Crippen LogP contribution in [0.3, 0.4) is 0 Å². The summed E-state index contributed by atoms with van der Waals surface area (Å²) in [6.07, 6.45) is 2.76. The van der Waals surface area contributed by atoms with Gasteiger partial charge in [0, 0.05) is 28.9 Å². The molecule has 0 atom stereocenters. The van der Waals surface area contributed by atoms with E-state index in [1.807, 2.05) is 11.3 Å². The second kappa shape index (κ2) is 3.78. The maximum Gasteiger partial charge on any atom is 0.0327 e. The highest BCUT2D eigenvalue weighted by molar-refractivity contribution is 7.11. The van der Waals surface area contributed by atoms with E-state index in [-0.39, 0.29) is 0 Å². The van der Waals surface area contributed by atoms with Gasteiger partial charge in [-0.2, -0.15) is 0 Å². The first-order chi connectivity index (χ1) is 6.29. The SMILES string of the molecule is CN(Cc1ccc(CN)s1)C1CC1. The van der Waals surface area contributed by atoms with Crippen molar-refractivity contribution in [2.24, 2.45) is 5.73 Å². The highest BCUT2D eigenvalue weighted by Gasteiger charge is 2.25. The molecule has 0 aliphatic heterocycles. The number of rotatable bonds is 4. The van der Waals surface area contributed by atoms with Crippen molar-refractivity contribution in [3.05, 3.63) is 21.9 Å². The predicted molar refractivity (Wildman–Crippen MR) is 56.7 cm³/mol. The summed E-state index contributed by atoms with van der Waals surface area (Å²) in [6, 6.07) is 5.19. The normalized spacial score (nSPS) is 16.8. The van der Waals surface area contributed by atoms with Crippen molar-refractivity contribution in [3.63, 3.8) is 0 Å². The Morgan fingerprint density at radius 2 is 2.15 bits per heavy atom. The van der Waals surface area contributed by atoms with Gasteiger partial charge in [-0.15, -0.1) is 11.3 Å². The molecule has 0 spiro atoms. The van der Waals surface area contributed by atoms with E-state index in [9.17, 15) is 0 Å². The summed E-state index contributed by atoms with van der Waals surface area (Å²) in [7, 11) is 2.21. The molecule has 0 aromatic carbocycles. The molecule has 1 aliphatic rings. The second-order valence-electron chi connectivity index (χ2n) is 3.72. The molecule has 0 unspecified atom stereocenters. The molecule has 0 saturated heterocycles. The van der Waals surface area contributed by atoms with Gasteiger partial charge in [0.1, 0.15) is 0 Å². The fourth-order valence-electron chi connectivity index (χ4n) is 1.51. The van der Waals surface area contributed by atoms with Gasteiger partial charge in [-0.3, -0.25) is 4.90 Å². The van der Waals surface area contributed by atoms with Crippen molar-refractivity contribution in [1.29, 1.82) is 0 Å². The number of nitrogens with zero attached hydrogens (tertiary/aromatic N) is 1. The Kier molecular flexibility index (Phi) is 2.67. The van der Waals surface area contributed by atoms with E-state index in [1.54, 1.807) is 0 Å². The van der Waals surface area contributed by atoms with Crippen LogP contribution in [0.15, 0.2) is 12.1 Å². The summed E-state index contributed by atoms with van der Waals surface area (Å²) in [4.78, 5) is 5.17. The van der Waals surface area contributed by atoms with Crippen LogP contribution in [-0.4, -0.2) is 18.0 Å². The Morgan fingerprint density at radius 1 is 1.46 bits per heavy atom. The Morgan fingerprint density at radius 3 is 2.69 bits per heavy atom. The van der Waals surface area contributed by atoms with Crippen LogP contribution in [0, 0.1) is 0 Å². The first kappa shape index (κ1) is 9.19. The highest BCUT2D eigenvalue weighted by atomic mass is 32.1. The van der Waals surface area contributed by atoms with E-state index in [4.69, 9.17) is 5.73 Å². The van der Waals surface area contributed by atoms with Gasteiger partial charge in [-0.25, -0.2) is 0 Å². The summed E-state index contributed by atoms with van der Waals surface area (Å²) in [6.45, 7) is 1.77. The van der Waals surface area contributed by atoms with E-state index in [0.717, 1.165) is 12.6 Å². The van der Waals surface area contributed by atoms with Crippen molar-refractivity contribution in [2.45, 2.75) is 32.0 Å². The summed E-state index contributed by atoms with van der Waals surface area (Å²) in [5, 5.41) is 0. The van der Waals surface area contributed by atoms with E-state index in [1.165, 1.54) is 22.6 Å². The van der Waals surface area contributed by atoms with Gasteiger partial charge in [0.25, 0.3) is 0 Å².